The zero-order valence-corrected chi connectivity index (χ0v) is 15.2. The largest absolute Gasteiger partial charge is 0.366 e. The van der Waals surface area contributed by atoms with Crippen LogP contribution in [0.15, 0.2) is 58.5 Å². The summed E-state index contributed by atoms with van der Waals surface area (Å²) in [6.07, 6.45) is 0. The smallest absolute Gasteiger partial charge is 0.297 e. The highest BCUT2D eigenvalue weighted by atomic mass is 32.2. The van der Waals surface area contributed by atoms with Gasteiger partial charge in [0.1, 0.15) is 5.82 Å². The van der Waals surface area contributed by atoms with E-state index in [1.807, 2.05) is 0 Å². The van der Waals surface area contributed by atoms with E-state index in [2.05, 4.69) is 15.5 Å². The van der Waals surface area contributed by atoms with Crippen LogP contribution < -0.4 is 16.6 Å². The van der Waals surface area contributed by atoms with Crippen LogP contribution in [0.4, 0.5) is 15.9 Å². The van der Waals surface area contributed by atoms with Crippen molar-refractivity contribution in [3.8, 4) is 0 Å². The Kier molecular flexibility index (Phi) is 5.51. The minimum absolute atomic E-state index is 0.0652. The molecule has 0 bridgehead atoms. The fraction of sp³-hybridized carbons (Fsp3) is 0.111. The van der Waals surface area contributed by atoms with Crippen LogP contribution in [0.2, 0.25) is 0 Å². The van der Waals surface area contributed by atoms with Crippen molar-refractivity contribution in [3.05, 3.63) is 75.8 Å². The first-order chi connectivity index (χ1) is 12.9. The number of carbonyl (C=O) groups excluding carboxylic acids is 1. The van der Waals surface area contributed by atoms with Gasteiger partial charge < -0.3 is 11.1 Å². The molecular weight excluding hydrogens is 369 g/mol. The lowest BCUT2D eigenvalue weighted by atomic mass is 10.2. The molecule has 0 spiro atoms. The van der Waals surface area contributed by atoms with Crippen LogP contribution in [-0.4, -0.2) is 20.7 Å². The van der Waals surface area contributed by atoms with Crippen molar-refractivity contribution in [1.29, 1.82) is 0 Å². The number of benzene rings is 2. The number of carbonyl (C=O) groups is 1. The van der Waals surface area contributed by atoms with Crippen LogP contribution >= 0.6 is 11.8 Å². The van der Waals surface area contributed by atoms with Gasteiger partial charge in [0.15, 0.2) is 5.16 Å². The molecule has 9 heteroatoms. The van der Waals surface area contributed by atoms with E-state index >= 15 is 0 Å². The Morgan fingerprint density at radius 2 is 1.81 bits per heavy atom. The first-order valence-electron chi connectivity index (χ1n) is 7.92. The highest BCUT2D eigenvalue weighted by Crippen LogP contribution is 2.20. The molecule has 0 atom stereocenters. The minimum Gasteiger partial charge on any atom is -0.366 e. The fourth-order valence-corrected chi connectivity index (χ4v) is 3.10. The van der Waals surface area contributed by atoms with Gasteiger partial charge in [0.25, 0.3) is 5.56 Å². The van der Waals surface area contributed by atoms with Crippen LogP contribution in [0.5, 0.6) is 0 Å². The Labute approximate surface area is 158 Å². The van der Waals surface area contributed by atoms with Crippen molar-refractivity contribution in [3.63, 3.8) is 0 Å². The average molecular weight is 385 g/mol. The van der Waals surface area contributed by atoms with Crippen molar-refractivity contribution in [2.24, 2.45) is 12.8 Å². The van der Waals surface area contributed by atoms with Gasteiger partial charge in [0.2, 0.25) is 11.7 Å². The molecule has 0 radical (unpaired) electrons. The lowest BCUT2D eigenvalue weighted by Crippen LogP contribution is -2.24. The van der Waals surface area contributed by atoms with E-state index < -0.39 is 5.91 Å². The van der Waals surface area contributed by atoms with Gasteiger partial charge in [-0.3, -0.25) is 14.2 Å². The Bertz CT molecular complexity index is 1020. The highest BCUT2D eigenvalue weighted by molar-refractivity contribution is 7.98. The molecule has 138 valence electrons. The van der Waals surface area contributed by atoms with Gasteiger partial charge >= 0.3 is 0 Å². The third-order valence-corrected chi connectivity index (χ3v) is 4.83. The summed E-state index contributed by atoms with van der Waals surface area (Å²) in [5, 5.41) is 11.4. The van der Waals surface area contributed by atoms with E-state index in [1.165, 1.54) is 28.5 Å². The van der Waals surface area contributed by atoms with Crippen LogP contribution in [-0.2, 0) is 12.8 Å². The van der Waals surface area contributed by atoms with Gasteiger partial charge in [-0.15, -0.1) is 10.2 Å². The average Bonchev–Trinajstić information content (AvgIpc) is 2.66. The van der Waals surface area contributed by atoms with Crippen molar-refractivity contribution in [2.75, 3.05) is 5.32 Å². The third kappa shape index (κ3) is 4.50. The number of primary amides is 1. The van der Waals surface area contributed by atoms with Crippen molar-refractivity contribution >= 4 is 29.2 Å². The number of hydrogen-bond acceptors (Lipinski definition) is 6. The first kappa shape index (κ1) is 18.6. The maximum absolute atomic E-state index is 12.9. The van der Waals surface area contributed by atoms with E-state index in [0.29, 0.717) is 22.2 Å². The van der Waals surface area contributed by atoms with Crippen molar-refractivity contribution < 1.29 is 9.18 Å². The van der Waals surface area contributed by atoms with Crippen LogP contribution in [0.1, 0.15) is 15.9 Å². The molecule has 0 saturated carbocycles. The first-order valence-corrected chi connectivity index (χ1v) is 8.90. The summed E-state index contributed by atoms with van der Waals surface area (Å²) in [6.45, 7) is 0. The monoisotopic (exact) mass is 385 g/mol. The van der Waals surface area contributed by atoms with E-state index in [0.717, 1.165) is 5.56 Å². The Morgan fingerprint density at radius 1 is 1.15 bits per heavy atom. The summed E-state index contributed by atoms with van der Waals surface area (Å²) < 4.78 is 14.3. The standard InChI is InChI=1S/C18H16FN5O2S/c1-24-17(26)16(21-14-8-4-12(5-9-14)15(20)25)22-23-18(24)27-10-11-2-6-13(19)7-3-11/h2-9H,10H2,1H3,(H2,20,25)(H,21,22). The van der Waals surface area contributed by atoms with Crippen molar-refractivity contribution in [2.45, 2.75) is 10.9 Å². The van der Waals surface area contributed by atoms with E-state index in [1.54, 1.807) is 43.4 Å². The second-order valence-corrected chi connectivity index (χ2v) is 6.62. The number of rotatable bonds is 6. The molecule has 0 unspecified atom stereocenters. The second kappa shape index (κ2) is 8.00. The number of aromatic nitrogens is 3. The van der Waals surface area contributed by atoms with Crippen molar-refractivity contribution in [1.82, 2.24) is 14.8 Å². The summed E-state index contributed by atoms with van der Waals surface area (Å²) in [5.74, 6) is -0.227. The van der Waals surface area contributed by atoms with Gasteiger partial charge in [-0.2, -0.15) is 0 Å². The SMILES string of the molecule is Cn1c(SCc2ccc(F)cc2)nnc(Nc2ccc(C(N)=O)cc2)c1=O. The zero-order valence-electron chi connectivity index (χ0n) is 14.3. The van der Waals surface area contributed by atoms with Gasteiger partial charge in [-0.25, -0.2) is 4.39 Å². The molecule has 3 N–H and O–H groups in total. The Hall–Kier alpha value is -3.20. The maximum Gasteiger partial charge on any atom is 0.297 e. The number of nitrogens with one attached hydrogen (secondary N) is 1. The molecule has 3 rings (SSSR count). The van der Waals surface area contributed by atoms with Gasteiger partial charge in [0.05, 0.1) is 0 Å². The Balaban J connectivity index is 1.73. The number of anilines is 2. The molecule has 0 saturated heterocycles. The predicted octanol–water partition coefficient (Wildman–Crippen LogP) is 2.45. The molecule has 1 aromatic heterocycles. The number of halogens is 1. The molecule has 7 nitrogen and oxygen atoms in total. The molecule has 0 aliphatic carbocycles. The zero-order chi connectivity index (χ0) is 19.4. The fourth-order valence-electron chi connectivity index (χ4n) is 2.24. The summed E-state index contributed by atoms with van der Waals surface area (Å²) in [4.78, 5) is 23.6. The lowest BCUT2D eigenvalue weighted by Gasteiger charge is -2.09. The molecular formula is C18H16FN5O2S. The summed E-state index contributed by atoms with van der Waals surface area (Å²) in [5.41, 5.74) is 6.72. The molecule has 0 aliphatic heterocycles. The van der Waals surface area contributed by atoms with Gasteiger partial charge in [-0.05, 0) is 42.0 Å². The summed E-state index contributed by atoms with van der Waals surface area (Å²) in [7, 11) is 1.60. The normalized spacial score (nSPS) is 10.6. The van der Waals surface area contributed by atoms with E-state index in [-0.39, 0.29) is 17.2 Å². The minimum atomic E-state index is -0.528. The molecule has 1 amide bonds. The lowest BCUT2D eigenvalue weighted by molar-refractivity contribution is 0.100. The molecule has 0 fully saturated rings. The number of amides is 1. The number of nitrogens with two attached hydrogens (primary N) is 1. The summed E-state index contributed by atoms with van der Waals surface area (Å²) in [6, 6.07) is 12.5. The highest BCUT2D eigenvalue weighted by Gasteiger charge is 2.11. The van der Waals surface area contributed by atoms with E-state index in [4.69, 9.17) is 5.73 Å². The van der Waals surface area contributed by atoms with Crippen LogP contribution in [0.25, 0.3) is 0 Å². The summed E-state index contributed by atoms with van der Waals surface area (Å²) >= 11 is 1.33. The molecule has 1 heterocycles. The molecule has 27 heavy (non-hydrogen) atoms. The molecule has 2 aromatic carbocycles. The predicted molar refractivity (Wildman–Crippen MR) is 101 cm³/mol. The molecule has 3 aromatic rings. The topological polar surface area (TPSA) is 103 Å². The number of hydrogen-bond donors (Lipinski definition) is 2. The second-order valence-electron chi connectivity index (χ2n) is 5.68. The Morgan fingerprint density at radius 3 is 2.44 bits per heavy atom. The van der Waals surface area contributed by atoms with Gasteiger partial charge in [0, 0.05) is 24.1 Å². The van der Waals surface area contributed by atoms with Crippen LogP contribution in [0.3, 0.4) is 0 Å². The van der Waals surface area contributed by atoms with Crippen LogP contribution in [0, 0.1) is 5.82 Å². The third-order valence-electron chi connectivity index (χ3n) is 3.74. The molecule has 0 aliphatic rings. The maximum atomic E-state index is 12.9. The van der Waals surface area contributed by atoms with E-state index in [9.17, 15) is 14.0 Å². The number of thioether (sulfide) groups is 1. The van der Waals surface area contributed by atoms with Gasteiger partial charge in [-0.1, -0.05) is 23.9 Å². The quantitative estimate of drug-likeness (QED) is 0.632. The number of nitrogens with zero attached hydrogens (tertiary/aromatic N) is 3.